The molecule has 26 heavy (non-hydrogen) atoms. The molecule has 0 aliphatic rings. The van der Waals surface area contributed by atoms with Crippen LogP contribution in [0.1, 0.15) is 12.7 Å². The lowest BCUT2D eigenvalue weighted by molar-refractivity contribution is 0.681. The van der Waals surface area contributed by atoms with Gasteiger partial charge in [0.25, 0.3) is 5.56 Å². The Balaban J connectivity index is 1.65. The van der Waals surface area contributed by atoms with Crippen LogP contribution in [0, 0.1) is 0 Å². The van der Waals surface area contributed by atoms with Crippen molar-refractivity contribution in [1.82, 2.24) is 24.7 Å². The van der Waals surface area contributed by atoms with Crippen LogP contribution in [0.2, 0.25) is 5.02 Å². The normalized spacial score (nSPS) is 11.3. The van der Waals surface area contributed by atoms with Crippen molar-refractivity contribution >= 4 is 44.9 Å². The van der Waals surface area contributed by atoms with Crippen molar-refractivity contribution in [3.63, 3.8) is 0 Å². The van der Waals surface area contributed by atoms with Crippen molar-refractivity contribution in [1.29, 1.82) is 0 Å². The molecular formula is C17H14ClN5OS2. The molecule has 0 saturated heterocycles. The molecule has 0 spiro atoms. The van der Waals surface area contributed by atoms with E-state index < -0.39 is 0 Å². The SMILES string of the molecule is CCn1cnnc1SCc1nc2scc(-c3ccc(Cl)cc3)c2c(=O)[nH]1. The molecule has 6 nitrogen and oxygen atoms in total. The minimum absolute atomic E-state index is 0.131. The van der Waals surface area contributed by atoms with Gasteiger partial charge in [0.2, 0.25) is 0 Å². The van der Waals surface area contributed by atoms with E-state index in [1.54, 1.807) is 6.33 Å². The zero-order valence-corrected chi connectivity index (χ0v) is 16.2. The van der Waals surface area contributed by atoms with Gasteiger partial charge in [0.15, 0.2) is 5.16 Å². The Labute approximate surface area is 162 Å². The van der Waals surface area contributed by atoms with E-state index >= 15 is 0 Å². The smallest absolute Gasteiger partial charge is 0.260 e. The van der Waals surface area contributed by atoms with E-state index in [4.69, 9.17) is 11.6 Å². The van der Waals surface area contributed by atoms with Crippen LogP contribution in [0.5, 0.6) is 0 Å². The molecule has 0 aliphatic carbocycles. The third kappa shape index (κ3) is 3.27. The monoisotopic (exact) mass is 403 g/mol. The minimum atomic E-state index is -0.131. The first-order chi connectivity index (χ1) is 12.7. The summed E-state index contributed by atoms with van der Waals surface area (Å²) in [5.41, 5.74) is 1.69. The van der Waals surface area contributed by atoms with Crippen LogP contribution in [0.4, 0.5) is 0 Å². The fourth-order valence-corrected chi connectivity index (χ4v) is 4.55. The number of aryl methyl sites for hydroxylation is 1. The van der Waals surface area contributed by atoms with E-state index in [0.717, 1.165) is 27.7 Å². The van der Waals surface area contributed by atoms with E-state index in [1.807, 2.05) is 41.1 Å². The summed E-state index contributed by atoms with van der Waals surface area (Å²) in [4.78, 5) is 20.9. The molecule has 0 saturated carbocycles. The molecule has 0 bridgehead atoms. The molecule has 0 radical (unpaired) electrons. The number of thioether (sulfide) groups is 1. The lowest BCUT2D eigenvalue weighted by Crippen LogP contribution is -2.11. The zero-order valence-electron chi connectivity index (χ0n) is 13.8. The maximum absolute atomic E-state index is 12.6. The van der Waals surface area contributed by atoms with Gasteiger partial charge < -0.3 is 9.55 Å². The van der Waals surface area contributed by atoms with Crippen LogP contribution < -0.4 is 5.56 Å². The average Bonchev–Trinajstić information content (AvgIpc) is 3.27. The second-order valence-corrected chi connectivity index (χ2v) is 7.77. The fourth-order valence-electron chi connectivity index (χ4n) is 2.61. The highest BCUT2D eigenvalue weighted by molar-refractivity contribution is 7.98. The van der Waals surface area contributed by atoms with Gasteiger partial charge in [-0.3, -0.25) is 4.79 Å². The number of hydrogen-bond acceptors (Lipinski definition) is 6. The number of nitrogens with one attached hydrogen (secondary N) is 1. The Morgan fingerprint density at radius 1 is 1.31 bits per heavy atom. The average molecular weight is 404 g/mol. The van der Waals surface area contributed by atoms with Crippen molar-refractivity contribution in [2.45, 2.75) is 24.4 Å². The van der Waals surface area contributed by atoms with Crippen LogP contribution in [0.15, 0.2) is 45.9 Å². The molecule has 0 fully saturated rings. The van der Waals surface area contributed by atoms with Crippen molar-refractivity contribution in [2.75, 3.05) is 0 Å². The van der Waals surface area contributed by atoms with Gasteiger partial charge >= 0.3 is 0 Å². The summed E-state index contributed by atoms with van der Waals surface area (Å²) in [6.45, 7) is 2.83. The lowest BCUT2D eigenvalue weighted by atomic mass is 10.1. The Morgan fingerprint density at radius 3 is 2.88 bits per heavy atom. The minimum Gasteiger partial charge on any atom is -0.309 e. The molecule has 0 aliphatic heterocycles. The first kappa shape index (κ1) is 17.3. The standard InChI is InChI=1S/C17H14ClN5OS2/c1-2-23-9-19-22-17(23)26-8-13-20-15(24)14-12(7-25-16(14)21-13)10-3-5-11(18)6-4-10/h3-7,9H,2,8H2,1H3,(H,20,21,24). The van der Waals surface area contributed by atoms with Gasteiger partial charge in [0.05, 0.1) is 11.1 Å². The number of hydrogen-bond donors (Lipinski definition) is 1. The molecule has 132 valence electrons. The maximum atomic E-state index is 12.6. The van der Waals surface area contributed by atoms with E-state index in [0.29, 0.717) is 22.0 Å². The van der Waals surface area contributed by atoms with Crippen LogP contribution >= 0.6 is 34.7 Å². The molecule has 0 unspecified atom stereocenters. The number of benzene rings is 1. The number of thiophene rings is 1. The molecule has 0 atom stereocenters. The number of aromatic amines is 1. The first-order valence-corrected chi connectivity index (χ1v) is 10.2. The fraction of sp³-hybridized carbons (Fsp3) is 0.176. The van der Waals surface area contributed by atoms with Gasteiger partial charge in [-0.25, -0.2) is 4.98 Å². The summed E-state index contributed by atoms with van der Waals surface area (Å²) >= 11 is 8.92. The van der Waals surface area contributed by atoms with Gasteiger partial charge in [-0.05, 0) is 24.6 Å². The highest BCUT2D eigenvalue weighted by Crippen LogP contribution is 2.31. The Morgan fingerprint density at radius 2 is 2.12 bits per heavy atom. The molecular weight excluding hydrogens is 390 g/mol. The molecule has 3 heterocycles. The molecule has 1 aromatic carbocycles. The quantitative estimate of drug-likeness (QED) is 0.505. The first-order valence-electron chi connectivity index (χ1n) is 7.92. The van der Waals surface area contributed by atoms with Crippen molar-refractivity contribution in [2.24, 2.45) is 0 Å². The largest absolute Gasteiger partial charge is 0.309 e. The van der Waals surface area contributed by atoms with Gasteiger partial charge in [-0.1, -0.05) is 35.5 Å². The number of H-pyrrole nitrogens is 1. The van der Waals surface area contributed by atoms with Crippen LogP contribution in [-0.4, -0.2) is 24.7 Å². The van der Waals surface area contributed by atoms with Crippen LogP contribution in [0.25, 0.3) is 21.3 Å². The number of nitrogens with zero attached hydrogens (tertiary/aromatic N) is 4. The Kier molecular flexibility index (Phi) is 4.80. The second-order valence-electron chi connectivity index (χ2n) is 5.54. The highest BCUT2D eigenvalue weighted by Gasteiger charge is 2.14. The summed E-state index contributed by atoms with van der Waals surface area (Å²) in [6, 6.07) is 7.45. The third-order valence-corrected chi connectivity index (χ3v) is 6.02. The van der Waals surface area contributed by atoms with E-state index in [1.165, 1.54) is 23.1 Å². The van der Waals surface area contributed by atoms with E-state index in [-0.39, 0.29) is 5.56 Å². The number of halogens is 1. The number of aromatic nitrogens is 5. The van der Waals surface area contributed by atoms with Crippen LogP contribution in [0.3, 0.4) is 0 Å². The second kappa shape index (κ2) is 7.22. The van der Waals surface area contributed by atoms with Crippen LogP contribution in [-0.2, 0) is 12.3 Å². The Bertz CT molecular complexity index is 1120. The summed E-state index contributed by atoms with van der Waals surface area (Å²) in [5.74, 6) is 1.15. The summed E-state index contributed by atoms with van der Waals surface area (Å²) in [6.07, 6.45) is 1.69. The molecule has 4 rings (SSSR count). The van der Waals surface area contributed by atoms with E-state index in [2.05, 4.69) is 20.2 Å². The van der Waals surface area contributed by atoms with Gasteiger partial charge in [-0.15, -0.1) is 21.5 Å². The van der Waals surface area contributed by atoms with Crippen molar-refractivity contribution in [3.8, 4) is 11.1 Å². The number of rotatable bonds is 5. The maximum Gasteiger partial charge on any atom is 0.260 e. The zero-order chi connectivity index (χ0) is 18.1. The molecule has 3 aromatic heterocycles. The molecule has 4 aromatic rings. The van der Waals surface area contributed by atoms with Gasteiger partial charge in [-0.2, -0.15) is 0 Å². The predicted molar refractivity (Wildman–Crippen MR) is 106 cm³/mol. The topological polar surface area (TPSA) is 76.5 Å². The summed E-state index contributed by atoms with van der Waals surface area (Å²) in [5, 5.41) is 12.0. The van der Waals surface area contributed by atoms with Crippen molar-refractivity contribution in [3.05, 3.63) is 57.2 Å². The predicted octanol–water partition coefficient (Wildman–Crippen LogP) is 4.21. The summed E-state index contributed by atoms with van der Waals surface area (Å²) in [7, 11) is 0. The van der Waals surface area contributed by atoms with Gasteiger partial charge in [0.1, 0.15) is 17.0 Å². The van der Waals surface area contributed by atoms with Crippen molar-refractivity contribution < 1.29 is 0 Å². The Hall–Kier alpha value is -2.16. The van der Waals surface area contributed by atoms with E-state index in [9.17, 15) is 4.79 Å². The molecule has 0 amide bonds. The lowest BCUT2D eigenvalue weighted by Gasteiger charge is -2.03. The molecule has 9 heteroatoms. The highest BCUT2D eigenvalue weighted by atomic mass is 35.5. The number of fused-ring (bicyclic) bond motifs is 1. The summed E-state index contributed by atoms with van der Waals surface area (Å²) < 4.78 is 1.95. The van der Waals surface area contributed by atoms with Gasteiger partial charge in [0, 0.05) is 22.5 Å². The molecule has 1 N–H and O–H groups in total. The third-order valence-electron chi connectivity index (χ3n) is 3.91.